The van der Waals surface area contributed by atoms with Gasteiger partial charge in [-0.05, 0) is 11.6 Å². The third-order valence-electron chi connectivity index (χ3n) is 1.82. The van der Waals surface area contributed by atoms with Gasteiger partial charge in [0.1, 0.15) is 6.33 Å². The Morgan fingerprint density at radius 3 is 2.38 bits per heavy atom. The van der Waals surface area contributed by atoms with Gasteiger partial charge in [0.05, 0.1) is 5.56 Å². The van der Waals surface area contributed by atoms with E-state index in [-0.39, 0.29) is 5.28 Å². The molecule has 0 unspecified atom stereocenters. The van der Waals surface area contributed by atoms with Crippen LogP contribution in [0.5, 0.6) is 0 Å². The second-order valence-corrected chi connectivity index (χ2v) is 3.59. The zero-order valence-electron chi connectivity index (χ0n) is 8.79. The molecule has 7 heteroatoms. The third-order valence-corrected chi connectivity index (χ3v) is 1.98. The lowest BCUT2D eigenvalue weighted by molar-refractivity contribution is 0.959. The van der Waals surface area contributed by atoms with Gasteiger partial charge in [0.25, 0.3) is 0 Å². The second kappa shape index (κ2) is 4.36. The Bertz CT molecular complexity index is 487. The molecule has 0 saturated heterocycles. The molecule has 0 aliphatic carbocycles. The van der Waals surface area contributed by atoms with E-state index in [0.29, 0.717) is 17.3 Å². The Morgan fingerprint density at radius 1 is 1.06 bits per heavy atom. The van der Waals surface area contributed by atoms with Crippen LogP contribution in [0.25, 0.3) is 11.4 Å². The van der Waals surface area contributed by atoms with Crippen LogP contribution in [0.4, 0.5) is 5.95 Å². The highest BCUT2D eigenvalue weighted by Gasteiger charge is 2.08. The van der Waals surface area contributed by atoms with Crippen LogP contribution < -0.4 is 4.90 Å². The summed E-state index contributed by atoms with van der Waals surface area (Å²) in [6, 6.07) is 0. The van der Waals surface area contributed by atoms with E-state index in [0.717, 1.165) is 0 Å². The molecular formula is C9H9ClN6. The van der Waals surface area contributed by atoms with Gasteiger partial charge in [-0.25, -0.2) is 9.97 Å². The van der Waals surface area contributed by atoms with Gasteiger partial charge in [-0.3, -0.25) is 0 Å². The van der Waals surface area contributed by atoms with Gasteiger partial charge >= 0.3 is 0 Å². The highest BCUT2D eigenvalue weighted by molar-refractivity contribution is 6.28. The number of halogens is 1. The standard InChI is InChI=1S/C9H9ClN6/c1-16(2)9-14-7(13-8(10)15-9)6-3-11-5-12-4-6/h3-5H,1-2H3. The fourth-order valence-electron chi connectivity index (χ4n) is 1.08. The Kier molecular flexibility index (Phi) is 2.91. The molecule has 0 bridgehead atoms. The fraction of sp³-hybridized carbons (Fsp3) is 0.222. The Morgan fingerprint density at radius 2 is 1.75 bits per heavy atom. The van der Waals surface area contributed by atoms with E-state index in [2.05, 4.69) is 24.9 Å². The number of nitrogens with zero attached hydrogens (tertiary/aromatic N) is 6. The number of hydrogen-bond acceptors (Lipinski definition) is 6. The first-order valence-corrected chi connectivity index (χ1v) is 4.89. The Balaban J connectivity index is 2.50. The summed E-state index contributed by atoms with van der Waals surface area (Å²) >= 11 is 5.81. The maximum Gasteiger partial charge on any atom is 0.229 e. The van der Waals surface area contributed by atoms with E-state index in [1.165, 1.54) is 6.33 Å². The van der Waals surface area contributed by atoms with Crippen LogP contribution >= 0.6 is 11.6 Å². The zero-order chi connectivity index (χ0) is 11.5. The van der Waals surface area contributed by atoms with Gasteiger partial charge < -0.3 is 4.90 Å². The Hall–Kier alpha value is -1.82. The summed E-state index contributed by atoms with van der Waals surface area (Å²) in [6.45, 7) is 0. The summed E-state index contributed by atoms with van der Waals surface area (Å²) in [6.07, 6.45) is 4.69. The SMILES string of the molecule is CN(C)c1nc(Cl)nc(-c2cncnc2)n1. The second-order valence-electron chi connectivity index (χ2n) is 3.25. The predicted octanol–water partition coefficient (Wildman–Crippen LogP) is 1.05. The molecule has 0 aromatic carbocycles. The summed E-state index contributed by atoms with van der Waals surface area (Å²) in [4.78, 5) is 21.8. The predicted molar refractivity (Wildman–Crippen MR) is 60.2 cm³/mol. The summed E-state index contributed by atoms with van der Waals surface area (Å²) in [7, 11) is 3.66. The largest absolute Gasteiger partial charge is 0.347 e. The van der Waals surface area contributed by atoms with Crippen molar-refractivity contribution >= 4 is 17.5 Å². The first-order chi connectivity index (χ1) is 7.66. The van der Waals surface area contributed by atoms with Crippen molar-refractivity contribution < 1.29 is 0 Å². The van der Waals surface area contributed by atoms with E-state index >= 15 is 0 Å². The number of rotatable bonds is 2. The first kappa shape index (κ1) is 10.7. The van der Waals surface area contributed by atoms with Crippen molar-refractivity contribution in [2.45, 2.75) is 0 Å². The minimum absolute atomic E-state index is 0.151. The highest BCUT2D eigenvalue weighted by atomic mass is 35.5. The molecule has 0 N–H and O–H groups in total. The van der Waals surface area contributed by atoms with Crippen molar-refractivity contribution in [1.29, 1.82) is 0 Å². The molecule has 0 aliphatic heterocycles. The van der Waals surface area contributed by atoms with E-state index in [9.17, 15) is 0 Å². The molecule has 0 radical (unpaired) electrons. The van der Waals surface area contributed by atoms with Crippen LogP contribution in [0.15, 0.2) is 18.7 Å². The quantitative estimate of drug-likeness (QED) is 0.776. The fourth-order valence-corrected chi connectivity index (χ4v) is 1.24. The Labute approximate surface area is 97.4 Å². The van der Waals surface area contributed by atoms with Crippen molar-refractivity contribution in [2.75, 3.05) is 19.0 Å². The average Bonchev–Trinajstić information content (AvgIpc) is 2.29. The number of aromatic nitrogens is 5. The number of anilines is 1. The summed E-state index contributed by atoms with van der Waals surface area (Å²) in [5, 5.41) is 0.151. The van der Waals surface area contributed by atoms with Crippen LogP contribution in [-0.2, 0) is 0 Å². The van der Waals surface area contributed by atoms with Crippen LogP contribution in [0.3, 0.4) is 0 Å². The third kappa shape index (κ3) is 2.22. The molecule has 0 atom stereocenters. The van der Waals surface area contributed by atoms with Gasteiger partial charge in [-0.1, -0.05) is 0 Å². The molecule has 6 nitrogen and oxygen atoms in total. The molecule has 0 saturated carbocycles. The summed E-state index contributed by atoms with van der Waals surface area (Å²) in [5.41, 5.74) is 0.704. The monoisotopic (exact) mass is 236 g/mol. The van der Waals surface area contributed by atoms with E-state index in [1.54, 1.807) is 17.3 Å². The summed E-state index contributed by atoms with van der Waals surface area (Å²) < 4.78 is 0. The molecular weight excluding hydrogens is 228 g/mol. The lowest BCUT2D eigenvalue weighted by Crippen LogP contribution is -2.14. The van der Waals surface area contributed by atoms with Crippen molar-refractivity contribution in [2.24, 2.45) is 0 Å². The maximum absolute atomic E-state index is 5.81. The molecule has 0 spiro atoms. The van der Waals surface area contributed by atoms with E-state index in [1.807, 2.05) is 14.1 Å². The minimum atomic E-state index is 0.151. The topological polar surface area (TPSA) is 67.7 Å². The van der Waals surface area contributed by atoms with Crippen molar-refractivity contribution in [3.63, 3.8) is 0 Å². The van der Waals surface area contributed by atoms with Crippen LogP contribution in [-0.4, -0.2) is 39.0 Å². The lowest BCUT2D eigenvalue weighted by Gasteiger charge is -2.10. The van der Waals surface area contributed by atoms with Crippen LogP contribution in [0.2, 0.25) is 5.28 Å². The number of hydrogen-bond donors (Lipinski definition) is 0. The van der Waals surface area contributed by atoms with Crippen LogP contribution in [0, 0.1) is 0 Å². The normalized spacial score (nSPS) is 10.2. The van der Waals surface area contributed by atoms with Gasteiger partial charge in [0.2, 0.25) is 11.2 Å². The average molecular weight is 237 g/mol. The molecule has 2 aromatic heterocycles. The zero-order valence-corrected chi connectivity index (χ0v) is 9.55. The van der Waals surface area contributed by atoms with Crippen molar-refractivity contribution in [3.8, 4) is 11.4 Å². The molecule has 2 rings (SSSR count). The minimum Gasteiger partial charge on any atom is -0.347 e. The molecule has 0 aliphatic rings. The van der Waals surface area contributed by atoms with E-state index in [4.69, 9.17) is 11.6 Å². The molecule has 2 aromatic rings. The smallest absolute Gasteiger partial charge is 0.229 e. The molecule has 82 valence electrons. The van der Waals surface area contributed by atoms with Gasteiger partial charge in [0.15, 0.2) is 5.82 Å². The van der Waals surface area contributed by atoms with Crippen molar-refractivity contribution in [3.05, 3.63) is 24.0 Å². The first-order valence-electron chi connectivity index (χ1n) is 4.51. The lowest BCUT2D eigenvalue weighted by atomic mass is 10.3. The highest BCUT2D eigenvalue weighted by Crippen LogP contribution is 2.16. The molecule has 16 heavy (non-hydrogen) atoms. The van der Waals surface area contributed by atoms with Crippen LogP contribution in [0.1, 0.15) is 0 Å². The molecule has 2 heterocycles. The van der Waals surface area contributed by atoms with Crippen molar-refractivity contribution in [1.82, 2.24) is 24.9 Å². The van der Waals surface area contributed by atoms with Gasteiger partial charge in [-0.15, -0.1) is 0 Å². The molecule has 0 fully saturated rings. The summed E-state index contributed by atoms with van der Waals surface area (Å²) in [5.74, 6) is 0.961. The van der Waals surface area contributed by atoms with Gasteiger partial charge in [0, 0.05) is 26.5 Å². The molecule has 0 amide bonds. The van der Waals surface area contributed by atoms with Gasteiger partial charge in [-0.2, -0.15) is 15.0 Å². The van der Waals surface area contributed by atoms with E-state index < -0.39 is 0 Å². The maximum atomic E-state index is 5.81.